The van der Waals surface area contributed by atoms with E-state index in [0.29, 0.717) is 22.7 Å². The van der Waals surface area contributed by atoms with Gasteiger partial charge in [-0.15, -0.1) is 0 Å². The normalized spacial score (nSPS) is 10.2. The first-order chi connectivity index (χ1) is 13.5. The highest BCUT2D eigenvalue weighted by Crippen LogP contribution is 2.23. The third kappa shape index (κ3) is 5.11. The van der Waals surface area contributed by atoms with Crippen LogP contribution in [-0.4, -0.2) is 23.5 Å². The number of ether oxygens (including phenoxy) is 1. The number of para-hydroxylation sites is 1. The Morgan fingerprint density at radius 2 is 1.61 bits per heavy atom. The van der Waals surface area contributed by atoms with Gasteiger partial charge >= 0.3 is 0 Å². The number of phenols is 1. The zero-order valence-corrected chi connectivity index (χ0v) is 15.3. The Kier molecular flexibility index (Phi) is 5.91. The van der Waals surface area contributed by atoms with E-state index < -0.39 is 5.91 Å². The molecule has 3 N–H and O–H groups in total. The summed E-state index contributed by atoms with van der Waals surface area (Å²) in [5.74, 6) is 0.478. The van der Waals surface area contributed by atoms with Gasteiger partial charge in [0.2, 0.25) is 5.91 Å². The van der Waals surface area contributed by atoms with Crippen molar-refractivity contribution < 1.29 is 19.4 Å². The molecule has 0 radical (unpaired) electrons. The molecule has 0 bridgehead atoms. The van der Waals surface area contributed by atoms with Gasteiger partial charge < -0.3 is 20.5 Å². The van der Waals surface area contributed by atoms with Crippen LogP contribution in [0.25, 0.3) is 0 Å². The van der Waals surface area contributed by atoms with Crippen LogP contribution in [0.3, 0.4) is 0 Å². The summed E-state index contributed by atoms with van der Waals surface area (Å²) in [7, 11) is 0. The number of hydrogen-bond acceptors (Lipinski definition) is 4. The number of nitrogens with one attached hydrogen (secondary N) is 2. The zero-order chi connectivity index (χ0) is 19.9. The second kappa shape index (κ2) is 8.73. The Morgan fingerprint density at radius 3 is 2.29 bits per heavy atom. The largest absolute Gasteiger partial charge is 0.506 e. The Balaban J connectivity index is 1.52. The molecule has 0 aliphatic carbocycles. The maximum Gasteiger partial charge on any atom is 0.251 e. The molecule has 0 unspecified atom stereocenters. The van der Waals surface area contributed by atoms with Crippen LogP contribution in [-0.2, 0) is 4.79 Å². The van der Waals surface area contributed by atoms with Crippen molar-refractivity contribution in [3.05, 3.63) is 83.9 Å². The van der Waals surface area contributed by atoms with E-state index in [-0.39, 0.29) is 18.2 Å². The van der Waals surface area contributed by atoms with Crippen molar-refractivity contribution in [3.8, 4) is 17.2 Å². The van der Waals surface area contributed by atoms with Crippen molar-refractivity contribution in [1.82, 2.24) is 5.32 Å². The number of phenolic OH excluding ortho intramolecular Hbond substituents is 1. The maximum atomic E-state index is 12.2. The molecule has 0 aromatic heterocycles. The van der Waals surface area contributed by atoms with Gasteiger partial charge in [0.25, 0.3) is 5.91 Å². The van der Waals surface area contributed by atoms with E-state index in [0.717, 1.165) is 5.56 Å². The summed E-state index contributed by atoms with van der Waals surface area (Å²) in [5, 5.41) is 14.9. The van der Waals surface area contributed by atoms with Crippen LogP contribution in [0, 0.1) is 6.92 Å². The van der Waals surface area contributed by atoms with Crippen LogP contribution in [0.4, 0.5) is 5.69 Å². The van der Waals surface area contributed by atoms with Gasteiger partial charge in [-0.25, -0.2) is 0 Å². The molecule has 142 valence electrons. The summed E-state index contributed by atoms with van der Waals surface area (Å²) in [6.45, 7) is 1.62. The third-order valence-corrected chi connectivity index (χ3v) is 3.93. The smallest absolute Gasteiger partial charge is 0.251 e. The van der Waals surface area contributed by atoms with E-state index in [4.69, 9.17) is 4.74 Å². The molecule has 0 heterocycles. The summed E-state index contributed by atoms with van der Waals surface area (Å²) in [6.07, 6.45) is 0. The van der Waals surface area contributed by atoms with E-state index in [2.05, 4.69) is 10.6 Å². The molecule has 3 aromatic carbocycles. The molecule has 3 aromatic rings. The van der Waals surface area contributed by atoms with E-state index in [1.165, 1.54) is 0 Å². The lowest BCUT2D eigenvalue weighted by atomic mass is 10.2. The summed E-state index contributed by atoms with van der Waals surface area (Å²) in [6, 6.07) is 20.9. The van der Waals surface area contributed by atoms with Gasteiger partial charge in [0.15, 0.2) is 0 Å². The average molecular weight is 376 g/mol. The third-order valence-electron chi connectivity index (χ3n) is 3.93. The Bertz CT molecular complexity index is 970. The summed E-state index contributed by atoms with van der Waals surface area (Å²) in [5.41, 5.74) is 1.59. The number of benzene rings is 3. The number of hydrogen-bond donors (Lipinski definition) is 3. The minimum absolute atomic E-state index is 0.0197. The topological polar surface area (TPSA) is 87.7 Å². The summed E-state index contributed by atoms with van der Waals surface area (Å²) < 4.78 is 5.68. The molecule has 3 rings (SSSR count). The van der Waals surface area contributed by atoms with E-state index >= 15 is 0 Å². The van der Waals surface area contributed by atoms with E-state index in [1.807, 2.05) is 37.3 Å². The highest BCUT2D eigenvalue weighted by atomic mass is 16.5. The number of carbonyl (C=O) groups is 2. The minimum atomic E-state index is -0.434. The Hall–Kier alpha value is -3.80. The van der Waals surface area contributed by atoms with Crippen LogP contribution < -0.4 is 15.4 Å². The summed E-state index contributed by atoms with van der Waals surface area (Å²) in [4.78, 5) is 24.2. The van der Waals surface area contributed by atoms with E-state index in [9.17, 15) is 14.7 Å². The molecule has 0 fully saturated rings. The van der Waals surface area contributed by atoms with Crippen molar-refractivity contribution in [1.29, 1.82) is 0 Å². The number of carbonyl (C=O) groups excluding carboxylic acids is 2. The molecule has 0 spiro atoms. The monoisotopic (exact) mass is 376 g/mol. The quantitative estimate of drug-likeness (QED) is 0.570. The molecule has 6 nitrogen and oxygen atoms in total. The van der Waals surface area contributed by atoms with Crippen LogP contribution >= 0.6 is 0 Å². The molecule has 6 heteroatoms. The first-order valence-electron chi connectivity index (χ1n) is 8.72. The highest BCUT2D eigenvalue weighted by molar-refractivity contribution is 5.99. The number of anilines is 1. The van der Waals surface area contributed by atoms with Gasteiger partial charge in [0, 0.05) is 5.56 Å². The lowest BCUT2D eigenvalue weighted by Crippen LogP contribution is -2.32. The van der Waals surface area contributed by atoms with Gasteiger partial charge in [-0.3, -0.25) is 9.59 Å². The van der Waals surface area contributed by atoms with Crippen LogP contribution in [0.1, 0.15) is 15.9 Å². The molecule has 2 amide bonds. The van der Waals surface area contributed by atoms with Crippen molar-refractivity contribution in [2.75, 3.05) is 11.9 Å². The van der Waals surface area contributed by atoms with Gasteiger partial charge in [-0.1, -0.05) is 24.3 Å². The standard InChI is InChI=1S/C22H20N2O4/c1-15-7-12-19(20(25)13-15)24-21(26)14-23-22(27)16-8-10-18(11-9-16)28-17-5-3-2-4-6-17/h2-13,25H,14H2,1H3,(H,23,27)(H,24,26). The fourth-order valence-electron chi connectivity index (χ4n) is 2.50. The van der Waals surface area contributed by atoms with Crippen LogP contribution in [0.2, 0.25) is 0 Å². The van der Waals surface area contributed by atoms with Crippen molar-refractivity contribution in [2.45, 2.75) is 6.92 Å². The molecule has 0 saturated carbocycles. The number of aryl methyl sites for hydroxylation is 1. The minimum Gasteiger partial charge on any atom is -0.506 e. The van der Waals surface area contributed by atoms with Crippen LogP contribution in [0.5, 0.6) is 17.2 Å². The Morgan fingerprint density at radius 1 is 0.929 bits per heavy atom. The SMILES string of the molecule is Cc1ccc(NC(=O)CNC(=O)c2ccc(Oc3ccccc3)cc2)c(O)c1. The first kappa shape index (κ1) is 19.0. The van der Waals surface area contributed by atoms with Crippen molar-refractivity contribution >= 4 is 17.5 Å². The molecular formula is C22H20N2O4. The van der Waals surface area contributed by atoms with Gasteiger partial charge in [0.05, 0.1) is 12.2 Å². The molecule has 0 aliphatic rings. The number of rotatable bonds is 6. The van der Waals surface area contributed by atoms with Crippen molar-refractivity contribution in [3.63, 3.8) is 0 Å². The van der Waals surface area contributed by atoms with Gasteiger partial charge in [-0.05, 0) is 61.0 Å². The summed E-state index contributed by atoms with van der Waals surface area (Å²) >= 11 is 0. The zero-order valence-electron chi connectivity index (χ0n) is 15.3. The second-order valence-electron chi connectivity index (χ2n) is 6.19. The highest BCUT2D eigenvalue weighted by Gasteiger charge is 2.10. The predicted octanol–water partition coefficient (Wildman–Crippen LogP) is 3.86. The molecular weight excluding hydrogens is 356 g/mol. The lowest BCUT2D eigenvalue weighted by Gasteiger charge is -2.09. The number of aromatic hydroxyl groups is 1. The Labute approximate surface area is 162 Å². The number of amides is 2. The fourth-order valence-corrected chi connectivity index (χ4v) is 2.50. The predicted molar refractivity (Wildman–Crippen MR) is 107 cm³/mol. The molecule has 0 saturated heterocycles. The maximum absolute atomic E-state index is 12.2. The van der Waals surface area contributed by atoms with Crippen molar-refractivity contribution in [2.24, 2.45) is 0 Å². The van der Waals surface area contributed by atoms with E-state index in [1.54, 1.807) is 42.5 Å². The first-order valence-corrected chi connectivity index (χ1v) is 8.72. The molecule has 0 atom stereocenters. The van der Waals surface area contributed by atoms with Gasteiger partial charge in [0.1, 0.15) is 17.2 Å². The fraction of sp³-hybridized carbons (Fsp3) is 0.0909. The lowest BCUT2D eigenvalue weighted by molar-refractivity contribution is -0.115. The van der Waals surface area contributed by atoms with Gasteiger partial charge in [-0.2, -0.15) is 0 Å². The average Bonchev–Trinajstić information content (AvgIpc) is 2.70. The molecule has 28 heavy (non-hydrogen) atoms. The molecule has 0 aliphatic heterocycles. The second-order valence-corrected chi connectivity index (χ2v) is 6.19. The van der Waals surface area contributed by atoms with Crippen LogP contribution in [0.15, 0.2) is 72.8 Å².